The SMILES string of the molecule is O=C(NCC(=O)N1CCC(N2CCC(c3cccc4[nH]c(=O)[nH]c34)CC2)C1)c1ccc(Cl)c(Cl)c1. The fraction of sp³-hybridized carbons (Fsp3) is 0.400. The first-order valence-corrected chi connectivity index (χ1v) is 12.6. The van der Waals surface area contributed by atoms with E-state index in [0.29, 0.717) is 40.7 Å². The second-order valence-corrected chi connectivity index (χ2v) is 10.1. The van der Waals surface area contributed by atoms with Gasteiger partial charge >= 0.3 is 5.69 Å². The molecule has 0 saturated carbocycles. The number of nitrogens with one attached hydrogen (secondary N) is 3. The van der Waals surface area contributed by atoms with Crippen LogP contribution in [0.25, 0.3) is 11.0 Å². The Hall–Kier alpha value is -2.81. The number of piperidine rings is 1. The number of H-pyrrole nitrogens is 2. The Morgan fingerprint density at radius 2 is 1.80 bits per heavy atom. The van der Waals surface area contributed by atoms with E-state index in [9.17, 15) is 14.4 Å². The third-order valence-electron chi connectivity index (χ3n) is 7.17. The minimum atomic E-state index is -0.353. The first-order chi connectivity index (χ1) is 16.9. The Kier molecular flexibility index (Phi) is 6.86. The molecular formula is C25H27Cl2N5O3. The lowest BCUT2D eigenvalue weighted by atomic mass is 9.88. The van der Waals surface area contributed by atoms with E-state index in [4.69, 9.17) is 23.2 Å². The number of para-hydroxylation sites is 1. The predicted molar refractivity (Wildman–Crippen MR) is 136 cm³/mol. The normalized spacial score (nSPS) is 19.4. The third-order valence-corrected chi connectivity index (χ3v) is 7.91. The summed E-state index contributed by atoms with van der Waals surface area (Å²) in [7, 11) is 0. The Labute approximate surface area is 212 Å². The van der Waals surface area contributed by atoms with Crippen molar-refractivity contribution in [1.29, 1.82) is 0 Å². The predicted octanol–water partition coefficient (Wildman–Crippen LogP) is 3.37. The highest BCUT2D eigenvalue weighted by Crippen LogP contribution is 2.33. The van der Waals surface area contributed by atoms with Crippen molar-refractivity contribution in [3.8, 4) is 0 Å². The van der Waals surface area contributed by atoms with Crippen LogP contribution in [0.4, 0.5) is 0 Å². The quantitative estimate of drug-likeness (QED) is 0.484. The molecule has 5 rings (SSSR count). The smallest absolute Gasteiger partial charge is 0.323 e. The molecule has 2 saturated heterocycles. The molecule has 3 N–H and O–H groups in total. The van der Waals surface area contributed by atoms with E-state index in [1.165, 1.54) is 11.6 Å². The topological polar surface area (TPSA) is 101 Å². The average molecular weight is 516 g/mol. The van der Waals surface area contributed by atoms with Crippen molar-refractivity contribution in [2.75, 3.05) is 32.7 Å². The maximum absolute atomic E-state index is 12.7. The van der Waals surface area contributed by atoms with Crippen LogP contribution in [-0.2, 0) is 4.79 Å². The highest BCUT2D eigenvalue weighted by Gasteiger charge is 2.33. The Bertz CT molecular complexity index is 1310. The van der Waals surface area contributed by atoms with Crippen LogP contribution in [0, 0.1) is 0 Å². The highest BCUT2D eigenvalue weighted by molar-refractivity contribution is 6.42. The van der Waals surface area contributed by atoms with Crippen molar-refractivity contribution >= 4 is 46.0 Å². The van der Waals surface area contributed by atoms with Crippen LogP contribution in [0.1, 0.15) is 41.1 Å². The first kappa shape index (κ1) is 23.9. The molecule has 2 fully saturated rings. The van der Waals surface area contributed by atoms with E-state index in [0.717, 1.165) is 43.4 Å². The summed E-state index contributed by atoms with van der Waals surface area (Å²) in [6.45, 7) is 3.22. The number of likely N-dealkylation sites (tertiary alicyclic amines) is 2. The number of imidazole rings is 1. The molecule has 0 aliphatic carbocycles. The van der Waals surface area contributed by atoms with E-state index in [1.54, 1.807) is 12.1 Å². The summed E-state index contributed by atoms with van der Waals surface area (Å²) in [6.07, 6.45) is 2.95. The summed E-state index contributed by atoms with van der Waals surface area (Å²) < 4.78 is 0. The standard InChI is InChI=1S/C25H27Cl2N5O3/c26-19-5-4-16(12-20(19)27)24(34)28-13-22(33)32-11-8-17(14-32)31-9-6-15(7-10-31)18-2-1-3-21-23(18)30-25(35)29-21/h1-5,12,15,17H,6-11,13-14H2,(H,28,34)(H2,29,30,35). The minimum Gasteiger partial charge on any atom is -0.343 e. The second-order valence-electron chi connectivity index (χ2n) is 9.25. The fourth-order valence-corrected chi connectivity index (χ4v) is 5.57. The average Bonchev–Trinajstić information content (AvgIpc) is 3.50. The highest BCUT2D eigenvalue weighted by atomic mass is 35.5. The van der Waals surface area contributed by atoms with Crippen LogP contribution in [0.2, 0.25) is 10.0 Å². The molecule has 2 aromatic carbocycles. The van der Waals surface area contributed by atoms with Crippen molar-refractivity contribution in [2.24, 2.45) is 0 Å². The van der Waals surface area contributed by atoms with Crippen LogP contribution in [0.5, 0.6) is 0 Å². The summed E-state index contributed by atoms with van der Waals surface area (Å²) in [5.74, 6) is -0.0375. The number of aromatic amines is 2. The molecule has 1 unspecified atom stereocenters. The number of hydrogen-bond donors (Lipinski definition) is 3. The largest absolute Gasteiger partial charge is 0.343 e. The number of benzene rings is 2. The van der Waals surface area contributed by atoms with Gasteiger partial charge in [0, 0.05) is 24.7 Å². The molecule has 3 heterocycles. The summed E-state index contributed by atoms with van der Waals surface area (Å²) in [4.78, 5) is 46.9. The number of aromatic nitrogens is 2. The zero-order valence-electron chi connectivity index (χ0n) is 19.2. The van der Waals surface area contributed by atoms with Crippen LogP contribution >= 0.6 is 23.2 Å². The first-order valence-electron chi connectivity index (χ1n) is 11.8. The number of nitrogens with zero attached hydrogens (tertiary/aromatic N) is 2. The van der Waals surface area contributed by atoms with Crippen molar-refractivity contribution in [3.05, 3.63) is 68.1 Å². The van der Waals surface area contributed by atoms with Crippen molar-refractivity contribution in [2.45, 2.75) is 31.2 Å². The van der Waals surface area contributed by atoms with Crippen LogP contribution < -0.4 is 11.0 Å². The van der Waals surface area contributed by atoms with Gasteiger partial charge in [0.1, 0.15) is 0 Å². The van der Waals surface area contributed by atoms with Crippen LogP contribution in [0.15, 0.2) is 41.2 Å². The third kappa shape index (κ3) is 5.10. The van der Waals surface area contributed by atoms with Gasteiger partial charge in [-0.3, -0.25) is 14.5 Å². The van der Waals surface area contributed by atoms with Gasteiger partial charge in [-0.1, -0.05) is 35.3 Å². The molecule has 0 bridgehead atoms. The second kappa shape index (κ2) is 10.0. The number of carbonyl (C=O) groups is 2. The van der Waals surface area contributed by atoms with Crippen molar-refractivity contribution in [3.63, 3.8) is 0 Å². The molecule has 1 aromatic heterocycles. The molecule has 1 atom stereocenters. The number of fused-ring (bicyclic) bond motifs is 1. The molecular weight excluding hydrogens is 489 g/mol. The number of amides is 2. The molecule has 184 valence electrons. The summed E-state index contributed by atoms with van der Waals surface area (Å²) in [6, 6.07) is 11.0. The van der Waals surface area contributed by atoms with Gasteiger partial charge in [0.05, 0.1) is 27.6 Å². The van der Waals surface area contributed by atoms with E-state index >= 15 is 0 Å². The number of rotatable bonds is 5. The van der Waals surface area contributed by atoms with E-state index in [1.807, 2.05) is 17.0 Å². The van der Waals surface area contributed by atoms with Gasteiger partial charge in [-0.25, -0.2) is 4.79 Å². The van der Waals surface area contributed by atoms with Gasteiger partial charge < -0.3 is 20.2 Å². The monoisotopic (exact) mass is 515 g/mol. The molecule has 3 aromatic rings. The molecule has 10 heteroatoms. The summed E-state index contributed by atoms with van der Waals surface area (Å²) in [5.41, 5.74) is 3.16. The van der Waals surface area contributed by atoms with Gasteiger partial charge in [-0.05, 0) is 68.1 Å². The molecule has 2 aliphatic heterocycles. The fourth-order valence-electron chi connectivity index (χ4n) is 5.27. The van der Waals surface area contributed by atoms with E-state index in [-0.39, 0.29) is 24.0 Å². The van der Waals surface area contributed by atoms with E-state index < -0.39 is 0 Å². The molecule has 2 amide bonds. The molecule has 2 aliphatic rings. The number of halogens is 2. The lowest BCUT2D eigenvalue weighted by Crippen LogP contribution is -2.44. The Balaban J connectivity index is 1.12. The number of hydrogen-bond acceptors (Lipinski definition) is 4. The van der Waals surface area contributed by atoms with Gasteiger partial charge in [-0.15, -0.1) is 0 Å². The van der Waals surface area contributed by atoms with Crippen molar-refractivity contribution < 1.29 is 9.59 Å². The summed E-state index contributed by atoms with van der Waals surface area (Å²) in [5, 5.41) is 3.36. The van der Waals surface area contributed by atoms with Crippen molar-refractivity contribution in [1.82, 2.24) is 25.1 Å². The van der Waals surface area contributed by atoms with Gasteiger partial charge in [0.25, 0.3) is 5.91 Å². The summed E-state index contributed by atoms with van der Waals surface area (Å²) >= 11 is 11.9. The zero-order chi connectivity index (χ0) is 24.5. The Morgan fingerprint density at radius 1 is 1.00 bits per heavy atom. The van der Waals surface area contributed by atoms with Crippen LogP contribution in [-0.4, -0.2) is 70.3 Å². The van der Waals surface area contributed by atoms with Crippen LogP contribution in [0.3, 0.4) is 0 Å². The van der Waals surface area contributed by atoms with Gasteiger partial charge in [0.2, 0.25) is 5.91 Å². The number of carbonyl (C=O) groups excluding carboxylic acids is 2. The maximum Gasteiger partial charge on any atom is 0.323 e. The maximum atomic E-state index is 12.7. The lowest BCUT2D eigenvalue weighted by Gasteiger charge is -2.36. The molecule has 0 radical (unpaired) electrons. The minimum absolute atomic E-state index is 0.0489. The lowest BCUT2D eigenvalue weighted by molar-refractivity contribution is -0.129. The molecule has 8 nitrogen and oxygen atoms in total. The van der Waals surface area contributed by atoms with E-state index in [2.05, 4.69) is 26.3 Å². The Morgan fingerprint density at radius 3 is 2.57 bits per heavy atom. The molecule has 35 heavy (non-hydrogen) atoms. The zero-order valence-corrected chi connectivity index (χ0v) is 20.7. The molecule has 0 spiro atoms. The van der Waals surface area contributed by atoms with Gasteiger partial charge in [-0.2, -0.15) is 0 Å². The van der Waals surface area contributed by atoms with Gasteiger partial charge in [0.15, 0.2) is 0 Å².